The average Bonchev–Trinajstić information content (AvgIpc) is 2.67. The van der Waals surface area contributed by atoms with Crippen LogP contribution >= 0.6 is 0 Å². The van der Waals surface area contributed by atoms with E-state index in [1.807, 2.05) is 0 Å². The highest BCUT2D eigenvalue weighted by atomic mass is 32.2. The fourth-order valence-corrected chi connectivity index (χ4v) is 4.74. The van der Waals surface area contributed by atoms with Gasteiger partial charge in [-0.2, -0.15) is 4.31 Å². The van der Waals surface area contributed by atoms with Crippen molar-refractivity contribution in [2.75, 3.05) is 39.5 Å². The van der Waals surface area contributed by atoms with Crippen LogP contribution in [0, 0.1) is 0 Å². The molecule has 0 aliphatic carbocycles. The summed E-state index contributed by atoms with van der Waals surface area (Å²) in [6.45, 7) is 2.50. The monoisotopic (exact) mass is 369 g/mol. The van der Waals surface area contributed by atoms with Gasteiger partial charge < -0.3 is 14.4 Å². The summed E-state index contributed by atoms with van der Waals surface area (Å²) >= 11 is 0. The fourth-order valence-electron chi connectivity index (χ4n) is 3.10. The van der Waals surface area contributed by atoms with E-state index in [-0.39, 0.29) is 17.5 Å². The Hall–Kier alpha value is -1.71. The van der Waals surface area contributed by atoms with Crippen LogP contribution in [0.25, 0.3) is 0 Å². The van der Waals surface area contributed by atoms with Gasteiger partial charge in [-0.25, -0.2) is 13.2 Å². The van der Waals surface area contributed by atoms with Gasteiger partial charge in [-0.1, -0.05) is 6.42 Å². The van der Waals surface area contributed by atoms with Crippen LogP contribution in [0.5, 0.6) is 0 Å². The Labute approximate surface area is 147 Å². The summed E-state index contributed by atoms with van der Waals surface area (Å²) in [5, 5.41) is 0. The minimum atomic E-state index is -3.64. The molecule has 1 amide bonds. The molecule has 1 unspecified atom stereocenters. The maximum absolute atomic E-state index is 12.9. The number of carbonyl (C=O) groups is 1. The number of aromatic nitrogens is 1. The number of hydrogen-bond donors (Lipinski definition) is 0. The molecule has 2 fully saturated rings. The number of carbonyl (C=O) groups excluding carboxylic acids is 1. The first kappa shape index (κ1) is 18.1. The lowest BCUT2D eigenvalue weighted by Gasteiger charge is -2.35. The molecule has 25 heavy (non-hydrogen) atoms. The maximum Gasteiger partial charge on any atom is 0.409 e. The molecule has 9 heteroatoms. The molecule has 3 rings (SSSR count). The van der Waals surface area contributed by atoms with Crippen LogP contribution in [-0.4, -0.2) is 74.2 Å². The minimum absolute atomic E-state index is 0.0652. The van der Waals surface area contributed by atoms with Crippen LogP contribution in [0.3, 0.4) is 0 Å². The highest BCUT2D eigenvalue weighted by Gasteiger charge is 2.34. The molecule has 0 bridgehead atoms. The van der Waals surface area contributed by atoms with Gasteiger partial charge in [0.1, 0.15) is 11.5 Å². The van der Waals surface area contributed by atoms with Crippen molar-refractivity contribution < 1.29 is 22.7 Å². The summed E-state index contributed by atoms with van der Waals surface area (Å²) in [5.74, 6) is 0. The molecule has 1 aromatic rings. The molecule has 8 nitrogen and oxygen atoms in total. The molecule has 0 radical (unpaired) electrons. The number of piperidine rings is 1. The summed E-state index contributed by atoms with van der Waals surface area (Å²) in [7, 11) is -3.64. The first-order chi connectivity index (χ1) is 12.1. The lowest BCUT2D eigenvalue weighted by atomic mass is 10.1. The van der Waals surface area contributed by atoms with Crippen molar-refractivity contribution >= 4 is 16.1 Å². The molecule has 0 saturated carbocycles. The summed E-state index contributed by atoms with van der Waals surface area (Å²) in [5.41, 5.74) is 0. The van der Waals surface area contributed by atoms with Gasteiger partial charge in [0.25, 0.3) is 0 Å². The second kappa shape index (κ2) is 8.11. The topological polar surface area (TPSA) is 89.0 Å². The van der Waals surface area contributed by atoms with Crippen LogP contribution in [0.1, 0.15) is 19.3 Å². The van der Waals surface area contributed by atoms with E-state index in [1.165, 1.54) is 22.8 Å². The highest BCUT2D eigenvalue weighted by Crippen LogP contribution is 2.25. The van der Waals surface area contributed by atoms with E-state index in [2.05, 4.69) is 4.98 Å². The summed E-state index contributed by atoms with van der Waals surface area (Å²) < 4.78 is 37.8. The average molecular weight is 369 g/mol. The van der Waals surface area contributed by atoms with Crippen molar-refractivity contribution in [3.63, 3.8) is 0 Å². The minimum Gasteiger partial charge on any atom is -0.448 e. The van der Waals surface area contributed by atoms with E-state index in [0.717, 1.165) is 12.8 Å². The Kier molecular flexibility index (Phi) is 5.87. The van der Waals surface area contributed by atoms with Gasteiger partial charge in [-0.15, -0.1) is 0 Å². The standard InChI is InChI=1S/C16H23N3O5S/c20-16(18-8-10-23-11-9-18)24-13-14-4-1-2-7-19(14)25(21,22)15-5-3-6-17-12-15/h3,5-6,12,14H,1-2,4,7-11,13H2. The first-order valence-corrected chi connectivity index (χ1v) is 9.94. The van der Waals surface area contributed by atoms with Gasteiger partial charge >= 0.3 is 6.09 Å². The third kappa shape index (κ3) is 4.28. The van der Waals surface area contributed by atoms with Gasteiger partial charge in [0, 0.05) is 32.0 Å². The molecule has 1 aromatic heterocycles. The number of ether oxygens (including phenoxy) is 2. The van der Waals surface area contributed by atoms with Gasteiger partial charge in [-0.3, -0.25) is 4.98 Å². The number of sulfonamides is 1. The second-order valence-corrected chi connectivity index (χ2v) is 8.02. The molecule has 2 aliphatic heterocycles. The Morgan fingerprint density at radius 2 is 2.08 bits per heavy atom. The molecule has 2 aliphatic rings. The zero-order chi connectivity index (χ0) is 17.7. The van der Waals surface area contributed by atoms with Crippen LogP contribution in [0.2, 0.25) is 0 Å². The zero-order valence-corrected chi connectivity index (χ0v) is 14.9. The molecule has 0 N–H and O–H groups in total. The maximum atomic E-state index is 12.9. The van der Waals surface area contributed by atoms with Gasteiger partial charge in [-0.05, 0) is 25.0 Å². The predicted octanol–water partition coefficient (Wildman–Crippen LogP) is 1.09. The fraction of sp³-hybridized carbons (Fsp3) is 0.625. The normalized spacial score (nSPS) is 22.6. The SMILES string of the molecule is O=C(OCC1CCCCN1S(=O)(=O)c1cccnc1)N1CCOCC1. The van der Waals surface area contributed by atoms with Crippen molar-refractivity contribution in [2.24, 2.45) is 0 Å². The largest absolute Gasteiger partial charge is 0.448 e. The van der Waals surface area contributed by atoms with Crippen LogP contribution in [0.15, 0.2) is 29.4 Å². The summed E-state index contributed by atoms with van der Waals surface area (Å²) in [6, 6.07) is 2.79. The number of hydrogen-bond acceptors (Lipinski definition) is 6. The van der Waals surface area contributed by atoms with Crippen LogP contribution in [-0.2, 0) is 19.5 Å². The van der Waals surface area contributed by atoms with Gasteiger partial charge in [0.15, 0.2) is 0 Å². The van der Waals surface area contributed by atoms with Crippen molar-refractivity contribution in [1.82, 2.24) is 14.2 Å². The van der Waals surface area contributed by atoms with E-state index < -0.39 is 16.1 Å². The third-order valence-electron chi connectivity index (χ3n) is 4.48. The zero-order valence-electron chi connectivity index (χ0n) is 14.0. The molecule has 3 heterocycles. The predicted molar refractivity (Wildman–Crippen MR) is 89.5 cm³/mol. The first-order valence-electron chi connectivity index (χ1n) is 8.50. The number of rotatable bonds is 4. The Balaban J connectivity index is 1.66. The molecule has 0 spiro atoms. The number of nitrogens with zero attached hydrogens (tertiary/aromatic N) is 3. The van der Waals surface area contributed by atoms with Crippen molar-refractivity contribution in [3.8, 4) is 0 Å². The lowest BCUT2D eigenvalue weighted by Crippen LogP contribution is -2.48. The van der Waals surface area contributed by atoms with Crippen LogP contribution in [0.4, 0.5) is 4.79 Å². The summed E-state index contributed by atoms with van der Waals surface area (Å²) in [6.07, 6.45) is 4.87. The molecule has 2 saturated heterocycles. The van der Waals surface area contributed by atoms with E-state index in [9.17, 15) is 13.2 Å². The second-order valence-electron chi connectivity index (χ2n) is 6.13. The number of morpholine rings is 1. The van der Waals surface area contributed by atoms with E-state index in [1.54, 1.807) is 11.0 Å². The third-order valence-corrected chi connectivity index (χ3v) is 6.42. The molecule has 0 aromatic carbocycles. The van der Waals surface area contributed by atoms with E-state index in [4.69, 9.17) is 9.47 Å². The quantitative estimate of drug-likeness (QED) is 0.789. The van der Waals surface area contributed by atoms with Crippen molar-refractivity contribution in [3.05, 3.63) is 24.5 Å². The Bertz CT molecular complexity index is 676. The molecule has 138 valence electrons. The molecule has 1 atom stereocenters. The van der Waals surface area contributed by atoms with Crippen molar-refractivity contribution in [2.45, 2.75) is 30.2 Å². The summed E-state index contributed by atoms with van der Waals surface area (Å²) in [4.78, 5) is 17.8. The highest BCUT2D eigenvalue weighted by molar-refractivity contribution is 7.89. The lowest BCUT2D eigenvalue weighted by molar-refractivity contribution is 0.0200. The van der Waals surface area contributed by atoms with E-state index >= 15 is 0 Å². The van der Waals surface area contributed by atoms with E-state index in [0.29, 0.717) is 39.3 Å². The van der Waals surface area contributed by atoms with Crippen LogP contribution < -0.4 is 0 Å². The Morgan fingerprint density at radius 3 is 2.80 bits per heavy atom. The van der Waals surface area contributed by atoms with Crippen molar-refractivity contribution in [1.29, 1.82) is 0 Å². The number of pyridine rings is 1. The smallest absolute Gasteiger partial charge is 0.409 e. The number of amides is 1. The van der Waals surface area contributed by atoms with Gasteiger partial charge in [0.2, 0.25) is 10.0 Å². The Morgan fingerprint density at radius 1 is 1.28 bits per heavy atom. The molecular weight excluding hydrogens is 346 g/mol. The molecular formula is C16H23N3O5S. The van der Waals surface area contributed by atoms with Gasteiger partial charge in [0.05, 0.1) is 19.3 Å².